The van der Waals surface area contributed by atoms with E-state index in [1.54, 1.807) is 13.8 Å². The third kappa shape index (κ3) is 7.22. The highest BCUT2D eigenvalue weighted by atomic mass is 35.5. The second kappa shape index (κ2) is 10.7. The van der Waals surface area contributed by atoms with Gasteiger partial charge in [0.2, 0.25) is 10.0 Å². The molecule has 2 N–H and O–H groups in total. The molecule has 1 atom stereocenters. The van der Waals surface area contributed by atoms with Gasteiger partial charge in [-0.15, -0.1) is 0 Å². The molecule has 1 heterocycles. The van der Waals surface area contributed by atoms with Gasteiger partial charge in [0, 0.05) is 31.7 Å². The van der Waals surface area contributed by atoms with Crippen LogP contribution in [0.15, 0.2) is 23.1 Å². The Morgan fingerprint density at radius 2 is 1.86 bits per heavy atom. The molecule has 29 heavy (non-hydrogen) atoms. The summed E-state index contributed by atoms with van der Waals surface area (Å²) >= 11 is 6.19. The van der Waals surface area contributed by atoms with Crippen LogP contribution in [-0.2, 0) is 14.8 Å². The lowest BCUT2D eigenvalue weighted by Crippen LogP contribution is -2.49. The van der Waals surface area contributed by atoms with Crippen molar-refractivity contribution in [1.82, 2.24) is 14.9 Å². The first-order valence-electron chi connectivity index (χ1n) is 10.0. The number of hydrogen-bond acceptors (Lipinski definition) is 5. The third-order valence-corrected chi connectivity index (χ3v) is 6.67. The summed E-state index contributed by atoms with van der Waals surface area (Å²) in [5.41, 5.74) is 0.156. The van der Waals surface area contributed by atoms with Gasteiger partial charge >= 0.3 is 0 Å². The smallest absolute Gasteiger partial charge is 0.252 e. The minimum atomic E-state index is -3.71. The van der Waals surface area contributed by atoms with E-state index in [4.69, 9.17) is 16.3 Å². The molecule has 1 aliphatic rings. The molecule has 2 rings (SSSR count). The van der Waals surface area contributed by atoms with E-state index in [2.05, 4.69) is 28.8 Å². The average Bonchev–Trinajstić information content (AvgIpc) is 2.64. The molecular formula is C20H32ClN3O4S. The number of nitrogens with one attached hydrogen (secondary N) is 2. The van der Waals surface area contributed by atoms with E-state index in [-0.39, 0.29) is 33.5 Å². The fourth-order valence-electron chi connectivity index (χ4n) is 3.38. The molecular weight excluding hydrogens is 414 g/mol. The predicted molar refractivity (Wildman–Crippen MR) is 115 cm³/mol. The lowest BCUT2D eigenvalue weighted by molar-refractivity contribution is 0.0124. The van der Waals surface area contributed by atoms with Crippen molar-refractivity contribution in [1.29, 1.82) is 0 Å². The molecule has 1 aromatic carbocycles. The maximum absolute atomic E-state index is 12.8. The Bertz CT molecular complexity index is 793. The van der Waals surface area contributed by atoms with Crippen molar-refractivity contribution in [2.75, 3.05) is 32.8 Å². The summed E-state index contributed by atoms with van der Waals surface area (Å²) in [6.07, 6.45) is 0.945. The molecule has 0 radical (unpaired) electrons. The molecule has 0 aromatic heterocycles. The zero-order valence-corrected chi connectivity index (χ0v) is 19.1. The largest absolute Gasteiger partial charge is 0.379 e. The molecule has 1 saturated heterocycles. The molecule has 1 unspecified atom stereocenters. The van der Waals surface area contributed by atoms with Gasteiger partial charge in [0.15, 0.2) is 0 Å². The fraction of sp³-hybridized carbons (Fsp3) is 0.650. The Kier molecular flexibility index (Phi) is 8.91. The van der Waals surface area contributed by atoms with E-state index in [0.29, 0.717) is 25.7 Å². The normalized spacial score (nSPS) is 16.9. The van der Waals surface area contributed by atoms with Crippen LogP contribution in [0.1, 0.15) is 44.5 Å². The fourth-order valence-corrected chi connectivity index (χ4v) is 4.86. The number of rotatable bonds is 9. The molecule has 164 valence electrons. The number of hydrogen-bond donors (Lipinski definition) is 2. The van der Waals surface area contributed by atoms with E-state index in [9.17, 15) is 13.2 Å². The van der Waals surface area contributed by atoms with Gasteiger partial charge in [0.25, 0.3) is 5.91 Å². The Hall–Kier alpha value is -1.19. The monoisotopic (exact) mass is 445 g/mol. The second-order valence-corrected chi connectivity index (χ2v) is 10.2. The molecule has 9 heteroatoms. The summed E-state index contributed by atoms with van der Waals surface area (Å²) in [4.78, 5) is 15.1. The van der Waals surface area contributed by atoms with Gasteiger partial charge in [0.1, 0.15) is 0 Å². The van der Waals surface area contributed by atoms with Gasteiger partial charge in [-0.2, -0.15) is 0 Å². The number of carbonyl (C=O) groups is 1. The number of nitrogens with zero attached hydrogens (tertiary/aromatic N) is 1. The molecule has 0 saturated carbocycles. The first-order chi connectivity index (χ1) is 13.6. The number of amides is 1. The van der Waals surface area contributed by atoms with Gasteiger partial charge in [-0.1, -0.05) is 25.4 Å². The molecule has 1 aliphatic heterocycles. The molecule has 1 fully saturated rings. The summed E-state index contributed by atoms with van der Waals surface area (Å²) < 4.78 is 32.8. The van der Waals surface area contributed by atoms with Crippen LogP contribution in [0.25, 0.3) is 0 Å². The summed E-state index contributed by atoms with van der Waals surface area (Å²) in [6, 6.07) is 4.11. The average molecular weight is 446 g/mol. The zero-order valence-electron chi connectivity index (χ0n) is 17.6. The number of halogens is 1. The second-order valence-electron chi connectivity index (χ2n) is 8.06. The minimum absolute atomic E-state index is 0.0210. The van der Waals surface area contributed by atoms with Crippen LogP contribution in [0.5, 0.6) is 0 Å². The summed E-state index contributed by atoms with van der Waals surface area (Å²) in [5, 5.41) is 3.16. The predicted octanol–water partition coefficient (Wildman–Crippen LogP) is 2.50. The van der Waals surface area contributed by atoms with E-state index in [1.165, 1.54) is 18.2 Å². The lowest BCUT2D eigenvalue weighted by Gasteiger charge is -2.35. The van der Waals surface area contributed by atoms with Crippen molar-refractivity contribution in [3.8, 4) is 0 Å². The van der Waals surface area contributed by atoms with Crippen molar-refractivity contribution in [2.24, 2.45) is 5.92 Å². The lowest BCUT2D eigenvalue weighted by atomic mass is 10.0. The van der Waals surface area contributed by atoms with Crippen LogP contribution in [0, 0.1) is 5.92 Å². The highest BCUT2D eigenvalue weighted by Crippen LogP contribution is 2.21. The van der Waals surface area contributed by atoms with Crippen molar-refractivity contribution in [3.05, 3.63) is 28.8 Å². The number of benzene rings is 1. The summed E-state index contributed by atoms with van der Waals surface area (Å²) in [6.45, 7) is 11.3. The van der Waals surface area contributed by atoms with Crippen LogP contribution in [0.4, 0.5) is 0 Å². The molecule has 0 aliphatic carbocycles. The van der Waals surface area contributed by atoms with Crippen LogP contribution in [0.2, 0.25) is 5.02 Å². The van der Waals surface area contributed by atoms with Crippen LogP contribution in [-0.4, -0.2) is 64.2 Å². The number of morpholine rings is 1. The standard InChI is InChI=1S/C20H32ClN3O4S/c1-14(2)11-16(24-7-9-28-10-8-24)13-22-20(25)18-12-17(5-6-19(18)21)29(26,27)23-15(3)4/h5-6,12,14-16,23H,7-11,13H2,1-4H3,(H,22,25). The van der Waals surface area contributed by atoms with Crippen LogP contribution in [0.3, 0.4) is 0 Å². The van der Waals surface area contributed by atoms with E-state index >= 15 is 0 Å². The minimum Gasteiger partial charge on any atom is -0.379 e. The number of carbonyl (C=O) groups excluding carboxylic acids is 1. The molecule has 7 nitrogen and oxygen atoms in total. The van der Waals surface area contributed by atoms with Gasteiger partial charge in [0.05, 0.1) is 28.7 Å². The topological polar surface area (TPSA) is 87.7 Å². The molecule has 0 bridgehead atoms. The van der Waals surface area contributed by atoms with Crippen molar-refractivity contribution in [3.63, 3.8) is 0 Å². The van der Waals surface area contributed by atoms with E-state index in [1.807, 2.05) is 0 Å². The quantitative estimate of drug-likeness (QED) is 0.609. The Labute approximate surface area is 179 Å². The summed E-state index contributed by atoms with van der Waals surface area (Å²) in [5.74, 6) is 0.109. The zero-order chi connectivity index (χ0) is 21.6. The first kappa shape index (κ1) is 24.1. The Balaban J connectivity index is 2.13. The SMILES string of the molecule is CC(C)CC(CNC(=O)c1cc(S(=O)(=O)NC(C)C)ccc1Cl)N1CCOCC1. The molecule has 1 amide bonds. The molecule has 1 aromatic rings. The summed E-state index contributed by atoms with van der Waals surface area (Å²) in [7, 11) is -3.71. The number of sulfonamides is 1. The maximum atomic E-state index is 12.8. The van der Waals surface area contributed by atoms with Crippen LogP contribution < -0.4 is 10.0 Å². The van der Waals surface area contributed by atoms with Gasteiger partial charge in [-0.25, -0.2) is 13.1 Å². The first-order valence-corrected chi connectivity index (χ1v) is 11.9. The van der Waals surface area contributed by atoms with Gasteiger partial charge in [-0.05, 0) is 44.4 Å². The molecule has 0 spiro atoms. The Morgan fingerprint density at radius 1 is 1.21 bits per heavy atom. The van der Waals surface area contributed by atoms with Crippen molar-refractivity contribution in [2.45, 2.75) is 51.1 Å². The van der Waals surface area contributed by atoms with Crippen molar-refractivity contribution >= 4 is 27.5 Å². The maximum Gasteiger partial charge on any atom is 0.252 e. The highest BCUT2D eigenvalue weighted by Gasteiger charge is 2.24. The Morgan fingerprint density at radius 3 is 2.45 bits per heavy atom. The van der Waals surface area contributed by atoms with E-state index in [0.717, 1.165) is 19.5 Å². The highest BCUT2D eigenvalue weighted by molar-refractivity contribution is 7.89. The van der Waals surface area contributed by atoms with Gasteiger partial charge < -0.3 is 10.1 Å². The van der Waals surface area contributed by atoms with Crippen molar-refractivity contribution < 1.29 is 17.9 Å². The third-order valence-electron chi connectivity index (χ3n) is 4.69. The number of ether oxygens (including phenoxy) is 1. The van der Waals surface area contributed by atoms with Gasteiger partial charge in [-0.3, -0.25) is 9.69 Å². The van der Waals surface area contributed by atoms with E-state index < -0.39 is 10.0 Å². The van der Waals surface area contributed by atoms with Crippen LogP contribution >= 0.6 is 11.6 Å².